The summed E-state index contributed by atoms with van der Waals surface area (Å²) >= 11 is 0. The smallest absolute Gasteiger partial charge is 0.00970 e. The average molecular weight is 270 g/mol. The van der Waals surface area contributed by atoms with Crippen molar-refractivity contribution in [2.45, 2.75) is 32.7 Å². The summed E-state index contributed by atoms with van der Waals surface area (Å²) in [6.07, 6.45) is 1.08. The van der Waals surface area contributed by atoms with Crippen LogP contribution < -0.4 is 10.6 Å². The Bertz CT molecular complexity index is 540. The van der Waals surface area contributed by atoms with Gasteiger partial charge in [0.1, 0.15) is 0 Å². The molecule has 0 aliphatic rings. The molecule has 0 aliphatic carbocycles. The summed E-state index contributed by atoms with van der Waals surface area (Å²) in [5, 5.41) is 9.63. The first kappa shape index (κ1) is 15.0. The Morgan fingerprint density at radius 1 is 0.850 bits per heavy atom. The second kappa shape index (κ2) is 6.87. The van der Waals surface area contributed by atoms with E-state index in [1.165, 1.54) is 16.3 Å². The molecule has 0 bridgehead atoms. The van der Waals surface area contributed by atoms with Crippen LogP contribution >= 0.6 is 0 Å². The van der Waals surface area contributed by atoms with E-state index in [1.807, 2.05) is 0 Å². The van der Waals surface area contributed by atoms with Crippen LogP contribution in [-0.2, 0) is 6.42 Å². The predicted molar refractivity (Wildman–Crippen MR) is 88.3 cm³/mol. The SMILES string of the molecule is CC(C)(C)NCCNCCc1ccc2ccccc2c1. The summed E-state index contributed by atoms with van der Waals surface area (Å²) in [7, 11) is 0. The Morgan fingerprint density at radius 2 is 1.60 bits per heavy atom. The van der Waals surface area contributed by atoms with Crippen LogP contribution in [0, 0.1) is 0 Å². The number of hydrogen-bond donors (Lipinski definition) is 2. The van der Waals surface area contributed by atoms with Crippen molar-refractivity contribution in [1.82, 2.24) is 10.6 Å². The largest absolute Gasteiger partial charge is 0.315 e. The third-order valence-electron chi connectivity index (χ3n) is 3.36. The Labute approximate surface area is 122 Å². The molecule has 0 atom stereocenters. The summed E-state index contributed by atoms with van der Waals surface area (Å²) in [5.74, 6) is 0. The highest BCUT2D eigenvalue weighted by molar-refractivity contribution is 5.82. The molecule has 0 radical (unpaired) electrons. The molecule has 0 heterocycles. The van der Waals surface area contributed by atoms with Crippen LogP contribution in [0.25, 0.3) is 10.8 Å². The van der Waals surface area contributed by atoms with E-state index in [2.05, 4.69) is 73.9 Å². The molecule has 0 saturated heterocycles. The van der Waals surface area contributed by atoms with Crippen molar-refractivity contribution in [2.24, 2.45) is 0 Å². The highest BCUT2D eigenvalue weighted by Crippen LogP contribution is 2.15. The van der Waals surface area contributed by atoms with Crippen molar-refractivity contribution in [2.75, 3.05) is 19.6 Å². The molecule has 2 aromatic carbocycles. The zero-order valence-corrected chi connectivity index (χ0v) is 12.9. The third kappa shape index (κ3) is 4.95. The van der Waals surface area contributed by atoms with Gasteiger partial charge in [-0.1, -0.05) is 42.5 Å². The van der Waals surface area contributed by atoms with Gasteiger partial charge < -0.3 is 10.6 Å². The lowest BCUT2D eigenvalue weighted by Gasteiger charge is -2.20. The highest BCUT2D eigenvalue weighted by Gasteiger charge is 2.06. The van der Waals surface area contributed by atoms with Crippen molar-refractivity contribution in [1.29, 1.82) is 0 Å². The summed E-state index contributed by atoms with van der Waals surface area (Å²) in [6, 6.07) is 15.3. The first-order valence-electron chi connectivity index (χ1n) is 7.48. The molecule has 108 valence electrons. The summed E-state index contributed by atoms with van der Waals surface area (Å²) in [5.41, 5.74) is 1.61. The Morgan fingerprint density at radius 3 is 2.35 bits per heavy atom. The lowest BCUT2D eigenvalue weighted by molar-refractivity contribution is 0.422. The van der Waals surface area contributed by atoms with E-state index in [1.54, 1.807) is 0 Å². The third-order valence-corrected chi connectivity index (χ3v) is 3.36. The zero-order valence-electron chi connectivity index (χ0n) is 12.9. The molecule has 0 aliphatic heterocycles. The van der Waals surface area contributed by atoms with Crippen LogP contribution in [0.3, 0.4) is 0 Å². The van der Waals surface area contributed by atoms with Gasteiger partial charge in [0.15, 0.2) is 0 Å². The number of hydrogen-bond acceptors (Lipinski definition) is 2. The topological polar surface area (TPSA) is 24.1 Å². The van der Waals surface area contributed by atoms with E-state index in [4.69, 9.17) is 0 Å². The Kier molecular flexibility index (Phi) is 5.16. The van der Waals surface area contributed by atoms with Gasteiger partial charge in [-0.3, -0.25) is 0 Å². The van der Waals surface area contributed by atoms with Gasteiger partial charge in [0, 0.05) is 18.6 Å². The van der Waals surface area contributed by atoms with Crippen LogP contribution in [0.15, 0.2) is 42.5 Å². The average Bonchev–Trinajstić information content (AvgIpc) is 2.41. The molecule has 2 N–H and O–H groups in total. The van der Waals surface area contributed by atoms with E-state index in [0.717, 1.165) is 26.1 Å². The number of nitrogens with one attached hydrogen (secondary N) is 2. The number of benzene rings is 2. The van der Waals surface area contributed by atoms with Gasteiger partial charge in [-0.2, -0.15) is 0 Å². The first-order chi connectivity index (χ1) is 9.54. The van der Waals surface area contributed by atoms with Gasteiger partial charge in [0.25, 0.3) is 0 Å². The molecule has 0 saturated carbocycles. The van der Waals surface area contributed by atoms with Crippen molar-refractivity contribution >= 4 is 10.8 Å². The second-order valence-corrected chi connectivity index (χ2v) is 6.36. The van der Waals surface area contributed by atoms with Crippen LogP contribution in [0.4, 0.5) is 0 Å². The highest BCUT2D eigenvalue weighted by atomic mass is 15.0. The second-order valence-electron chi connectivity index (χ2n) is 6.36. The minimum absolute atomic E-state index is 0.208. The number of fused-ring (bicyclic) bond motifs is 1. The molecule has 2 heteroatoms. The van der Waals surface area contributed by atoms with Gasteiger partial charge >= 0.3 is 0 Å². The van der Waals surface area contributed by atoms with Crippen molar-refractivity contribution in [3.63, 3.8) is 0 Å². The molecular weight excluding hydrogens is 244 g/mol. The molecule has 0 unspecified atom stereocenters. The van der Waals surface area contributed by atoms with E-state index < -0.39 is 0 Å². The molecular formula is C18H26N2. The molecule has 0 spiro atoms. The predicted octanol–water partition coefficient (Wildman–Crippen LogP) is 3.36. The zero-order chi connectivity index (χ0) is 14.4. The molecule has 2 aromatic rings. The van der Waals surface area contributed by atoms with Crippen LogP contribution in [0.2, 0.25) is 0 Å². The fourth-order valence-electron chi connectivity index (χ4n) is 2.28. The number of rotatable bonds is 6. The van der Waals surface area contributed by atoms with Crippen LogP contribution in [0.1, 0.15) is 26.3 Å². The maximum absolute atomic E-state index is 3.49. The fraction of sp³-hybridized carbons (Fsp3) is 0.444. The quantitative estimate of drug-likeness (QED) is 0.787. The lowest BCUT2D eigenvalue weighted by Crippen LogP contribution is -2.40. The molecule has 2 rings (SSSR count). The first-order valence-corrected chi connectivity index (χ1v) is 7.48. The standard InChI is InChI=1S/C18H26N2/c1-18(2,3)20-13-12-19-11-10-15-8-9-16-6-4-5-7-17(16)14-15/h4-9,14,19-20H,10-13H2,1-3H3. The Balaban J connectivity index is 1.73. The monoisotopic (exact) mass is 270 g/mol. The fourth-order valence-corrected chi connectivity index (χ4v) is 2.28. The van der Waals surface area contributed by atoms with Gasteiger partial charge in [0.2, 0.25) is 0 Å². The molecule has 0 fully saturated rings. The lowest BCUT2D eigenvalue weighted by atomic mass is 10.1. The van der Waals surface area contributed by atoms with Crippen molar-refractivity contribution < 1.29 is 0 Å². The van der Waals surface area contributed by atoms with Crippen LogP contribution in [0.5, 0.6) is 0 Å². The summed E-state index contributed by atoms with van der Waals surface area (Å²) < 4.78 is 0. The minimum atomic E-state index is 0.208. The maximum Gasteiger partial charge on any atom is 0.00970 e. The normalized spacial score (nSPS) is 11.9. The van der Waals surface area contributed by atoms with E-state index in [0.29, 0.717) is 0 Å². The van der Waals surface area contributed by atoms with Gasteiger partial charge in [-0.05, 0) is 50.1 Å². The van der Waals surface area contributed by atoms with E-state index >= 15 is 0 Å². The van der Waals surface area contributed by atoms with E-state index in [-0.39, 0.29) is 5.54 Å². The summed E-state index contributed by atoms with van der Waals surface area (Å²) in [6.45, 7) is 9.66. The molecule has 20 heavy (non-hydrogen) atoms. The van der Waals surface area contributed by atoms with Gasteiger partial charge in [-0.25, -0.2) is 0 Å². The summed E-state index contributed by atoms with van der Waals surface area (Å²) in [4.78, 5) is 0. The van der Waals surface area contributed by atoms with Gasteiger partial charge in [-0.15, -0.1) is 0 Å². The molecule has 0 amide bonds. The van der Waals surface area contributed by atoms with Crippen LogP contribution in [-0.4, -0.2) is 25.2 Å². The van der Waals surface area contributed by atoms with Gasteiger partial charge in [0.05, 0.1) is 0 Å². The van der Waals surface area contributed by atoms with Crippen molar-refractivity contribution in [3.8, 4) is 0 Å². The Hall–Kier alpha value is -1.38. The molecule has 0 aromatic heterocycles. The molecule has 2 nitrogen and oxygen atoms in total. The van der Waals surface area contributed by atoms with Crippen molar-refractivity contribution in [3.05, 3.63) is 48.0 Å². The minimum Gasteiger partial charge on any atom is -0.315 e. The van der Waals surface area contributed by atoms with E-state index in [9.17, 15) is 0 Å². The maximum atomic E-state index is 3.49.